The second-order valence-electron chi connectivity index (χ2n) is 14.2. The molecule has 2 aromatic rings. The Morgan fingerprint density at radius 3 is 2.38 bits per heavy atom. The molecule has 2 heterocycles. The van der Waals surface area contributed by atoms with Crippen LogP contribution in [0.5, 0.6) is 0 Å². The van der Waals surface area contributed by atoms with Gasteiger partial charge >= 0.3 is 12.2 Å². The molecule has 0 bridgehead atoms. The van der Waals surface area contributed by atoms with Gasteiger partial charge in [-0.25, -0.2) is 14.0 Å². The number of rotatable bonds is 9. The lowest BCUT2D eigenvalue weighted by Gasteiger charge is -2.36. The summed E-state index contributed by atoms with van der Waals surface area (Å²) in [6.45, 7) is 16.3. The van der Waals surface area contributed by atoms with Crippen LogP contribution >= 0.6 is 0 Å². The fraction of sp³-hybridized carbons (Fsp3) is 0.471. The summed E-state index contributed by atoms with van der Waals surface area (Å²) in [4.78, 5) is 33.4. The van der Waals surface area contributed by atoms with E-state index in [4.69, 9.17) is 29.3 Å². The Balaban J connectivity index is 1.39. The average molecular weight is 669 g/mol. The number of hydrogen-bond acceptors (Lipinski definition) is 9. The van der Waals surface area contributed by atoms with E-state index in [0.29, 0.717) is 30.4 Å². The highest BCUT2D eigenvalue weighted by Gasteiger charge is 2.39. The lowest BCUT2D eigenvalue weighted by atomic mass is 9.99. The maximum atomic E-state index is 15.4. The third-order valence-electron chi connectivity index (χ3n) is 8.36. The lowest BCUT2D eigenvalue weighted by Crippen LogP contribution is -2.44. The van der Waals surface area contributed by atoms with E-state index in [2.05, 4.69) is 39.0 Å². The first-order chi connectivity index (χ1) is 21.9. The molecule has 2 atom stereocenters. The standard InChI is InChI=1S/C34H45FN4O7Si/c1-33(2,3)45-32(42)39(30(36)15-16-40)20-26-19-38(31(41)44-26)24-13-14-27(28(35)17-24)22-9-11-23(12-10-22)29-18-25(46-37-29)21-43-47(7,8)34(4,5)6/h9-17,25-26,36,40H,18-21H2,1-8H3/b16-15-,36-30?/t25?,26-/m1/s1. The highest BCUT2D eigenvalue weighted by atomic mass is 28.4. The van der Waals surface area contributed by atoms with Gasteiger partial charge in [-0.15, -0.1) is 0 Å². The summed E-state index contributed by atoms with van der Waals surface area (Å²) < 4.78 is 32.5. The molecule has 2 N–H and O–H groups in total. The molecule has 2 aliphatic rings. The number of hydrogen-bond donors (Lipinski definition) is 2. The number of aliphatic hydroxyl groups is 1. The van der Waals surface area contributed by atoms with Crippen LogP contribution in [0.1, 0.15) is 53.5 Å². The van der Waals surface area contributed by atoms with Crippen LogP contribution in [-0.2, 0) is 18.7 Å². The summed E-state index contributed by atoms with van der Waals surface area (Å²) in [5.41, 5.74) is 2.16. The highest BCUT2D eigenvalue weighted by molar-refractivity contribution is 6.74. The molecule has 13 heteroatoms. The molecule has 11 nitrogen and oxygen atoms in total. The minimum Gasteiger partial charge on any atom is -0.515 e. The van der Waals surface area contributed by atoms with Crippen LogP contribution in [-0.4, -0.2) is 79.6 Å². The van der Waals surface area contributed by atoms with Crippen LogP contribution in [0.3, 0.4) is 0 Å². The van der Waals surface area contributed by atoms with Crippen molar-refractivity contribution in [3.63, 3.8) is 0 Å². The average Bonchev–Trinajstić information content (AvgIpc) is 3.60. The van der Waals surface area contributed by atoms with Crippen molar-refractivity contribution in [3.05, 3.63) is 66.2 Å². The van der Waals surface area contributed by atoms with Gasteiger partial charge in [-0.3, -0.25) is 15.2 Å². The topological polar surface area (TPSA) is 134 Å². The quantitative estimate of drug-likeness (QED) is 0.122. The van der Waals surface area contributed by atoms with Gasteiger partial charge in [0, 0.05) is 18.1 Å². The summed E-state index contributed by atoms with van der Waals surface area (Å²) in [5.74, 6) is -0.873. The number of amides is 2. The van der Waals surface area contributed by atoms with Crippen LogP contribution in [0, 0.1) is 11.2 Å². The highest BCUT2D eigenvalue weighted by Crippen LogP contribution is 2.37. The molecule has 1 fully saturated rings. The SMILES string of the molecule is CC(C)(C)OC(=O)N(C[C@H]1CN(c2ccc(-c3ccc(C4=NOC(CO[Si](C)(C)C(C)(C)C)C4)cc3)c(F)c2)C(=O)O1)C(=N)/C=C\O. The van der Waals surface area contributed by atoms with Gasteiger partial charge in [0.25, 0.3) is 0 Å². The van der Waals surface area contributed by atoms with Gasteiger partial charge in [0.15, 0.2) is 14.4 Å². The number of carbonyl (C=O) groups excluding carboxylic acids is 2. The van der Waals surface area contributed by atoms with E-state index in [1.165, 1.54) is 11.0 Å². The number of halogens is 1. The first kappa shape index (κ1) is 35.6. The van der Waals surface area contributed by atoms with Gasteiger partial charge in [-0.1, -0.05) is 50.2 Å². The molecule has 1 unspecified atom stereocenters. The van der Waals surface area contributed by atoms with Crippen molar-refractivity contribution >= 4 is 37.7 Å². The number of anilines is 1. The smallest absolute Gasteiger partial charge is 0.416 e. The summed E-state index contributed by atoms with van der Waals surface area (Å²) >= 11 is 0. The summed E-state index contributed by atoms with van der Waals surface area (Å²) in [6, 6.07) is 11.9. The lowest BCUT2D eigenvalue weighted by molar-refractivity contribution is 0.0307. The number of ether oxygens (including phenoxy) is 2. The van der Waals surface area contributed by atoms with Crippen LogP contribution in [0.25, 0.3) is 11.1 Å². The monoisotopic (exact) mass is 668 g/mol. The van der Waals surface area contributed by atoms with Crippen molar-refractivity contribution in [1.82, 2.24) is 4.90 Å². The molecule has 0 saturated carbocycles. The molecule has 2 aliphatic heterocycles. The Labute approximate surface area is 276 Å². The summed E-state index contributed by atoms with van der Waals surface area (Å²) in [5, 5.41) is 21.6. The van der Waals surface area contributed by atoms with Gasteiger partial charge in [0.1, 0.15) is 23.4 Å². The van der Waals surface area contributed by atoms with Gasteiger partial charge in [-0.05, 0) is 68.2 Å². The number of cyclic esters (lactones) is 1. The zero-order valence-electron chi connectivity index (χ0n) is 28.3. The largest absolute Gasteiger partial charge is 0.515 e. The molecular formula is C34H45FN4O7Si. The molecule has 0 radical (unpaired) electrons. The maximum Gasteiger partial charge on any atom is 0.416 e. The fourth-order valence-corrected chi connectivity index (χ4v) is 5.77. The molecule has 47 heavy (non-hydrogen) atoms. The van der Waals surface area contributed by atoms with E-state index in [-0.39, 0.29) is 35.8 Å². The third-order valence-corrected chi connectivity index (χ3v) is 12.9. The second kappa shape index (κ2) is 13.9. The molecule has 0 aromatic heterocycles. The first-order valence-electron chi connectivity index (χ1n) is 15.5. The Kier molecular flexibility index (Phi) is 10.5. The number of nitrogens with zero attached hydrogens (tertiary/aromatic N) is 3. The molecule has 4 rings (SSSR count). The Morgan fingerprint density at radius 2 is 1.79 bits per heavy atom. The molecule has 2 aromatic carbocycles. The Hall–Kier alpha value is -4.23. The summed E-state index contributed by atoms with van der Waals surface area (Å²) in [7, 11) is -1.90. The second-order valence-corrected chi connectivity index (χ2v) is 19.0. The van der Waals surface area contributed by atoms with Crippen molar-refractivity contribution < 1.29 is 37.8 Å². The Bertz CT molecular complexity index is 1550. The van der Waals surface area contributed by atoms with E-state index in [1.54, 1.807) is 32.9 Å². The predicted molar refractivity (Wildman–Crippen MR) is 181 cm³/mol. The van der Waals surface area contributed by atoms with E-state index in [9.17, 15) is 9.59 Å². The van der Waals surface area contributed by atoms with Crippen LogP contribution < -0.4 is 4.90 Å². The number of nitrogens with one attached hydrogen (secondary N) is 1. The number of aliphatic hydroxyl groups excluding tert-OH is 1. The maximum absolute atomic E-state index is 15.4. The van der Waals surface area contributed by atoms with Crippen molar-refractivity contribution in [2.45, 2.75) is 83.9 Å². The number of benzene rings is 2. The fourth-order valence-electron chi connectivity index (χ4n) is 4.73. The van der Waals surface area contributed by atoms with Gasteiger partial charge in [-0.2, -0.15) is 0 Å². The van der Waals surface area contributed by atoms with Crippen molar-refractivity contribution in [2.75, 3.05) is 24.6 Å². The first-order valence-corrected chi connectivity index (χ1v) is 18.4. The molecule has 2 amide bonds. The van der Waals surface area contributed by atoms with Crippen molar-refractivity contribution in [1.29, 1.82) is 5.41 Å². The molecule has 254 valence electrons. The van der Waals surface area contributed by atoms with Gasteiger partial charge in [0.2, 0.25) is 0 Å². The van der Waals surface area contributed by atoms with Gasteiger partial charge < -0.3 is 23.8 Å². The minimum absolute atomic E-state index is 0.00778. The third kappa shape index (κ3) is 8.77. The molecule has 0 spiro atoms. The molecule has 1 saturated heterocycles. The van der Waals surface area contributed by atoms with Gasteiger partial charge in [0.05, 0.1) is 37.4 Å². The minimum atomic E-state index is -1.90. The Morgan fingerprint density at radius 1 is 1.13 bits per heavy atom. The van der Waals surface area contributed by atoms with Crippen LogP contribution in [0.15, 0.2) is 60.0 Å². The number of carbonyl (C=O) groups is 2. The van der Waals surface area contributed by atoms with Crippen molar-refractivity contribution in [2.24, 2.45) is 5.16 Å². The van der Waals surface area contributed by atoms with Crippen molar-refractivity contribution in [3.8, 4) is 11.1 Å². The van der Waals surface area contributed by atoms with E-state index in [0.717, 1.165) is 22.3 Å². The zero-order valence-corrected chi connectivity index (χ0v) is 29.3. The van der Waals surface area contributed by atoms with E-state index < -0.39 is 38.0 Å². The molecular weight excluding hydrogens is 623 g/mol. The number of amidine groups is 1. The predicted octanol–water partition coefficient (Wildman–Crippen LogP) is 7.62. The van der Waals surface area contributed by atoms with Crippen LogP contribution in [0.4, 0.5) is 19.7 Å². The zero-order chi connectivity index (χ0) is 34.7. The van der Waals surface area contributed by atoms with E-state index >= 15 is 4.39 Å². The van der Waals surface area contributed by atoms with Crippen LogP contribution in [0.2, 0.25) is 18.1 Å². The normalized spacial score (nSPS) is 18.6. The molecule has 0 aliphatic carbocycles. The van der Waals surface area contributed by atoms with E-state index in [1.807, 2.05) is 24.3 Å². The summed E-state index contributed by atoms with van der Waals surface area (Å²) in [6.07, 6.45) is -0.268. The number of oxime groups is 1.